The SMILES string of the molecule is Cc1ccc(NC(=O)CN(C)CC(=O)N2Cc3ccccc3C(c3ccccc3)C2)nc1. The first kappa shape index (κ1) is 21.7. The van der Waals surface area contributed by atoms with E-state index in [4.69, 9.17) is 0 Å². The van der Waals surface area contributed by atoms with Crippen molar-refractivity contribution in [2.24, 2.45) is 0 Å². The standard InChI is InChI=1S/C26H28N4O2/c1-19-12-13-24(27-14-19)28-25(31)17-29(2)18-26(32)30-15-21-10-6-7-11-22(21)23(16-30)20-8-4-3-5-9-20/h3-14,23H,15-18H2,1-2H3,(H,27,28,31). The average molecular weight is 429 g/mol. The fourth-order valence-corrected chi connectivity index (χ4v) is 4.12. The first-order valence-corrected chi connectivity index (χ1v) is 10.8. The van der Waals surface area contributed by atoms with E-state index in [1.54, 1.807) is 24.2 Å². The smallest absolute Gasteiger partial charge is 0.239 e. The molecule has 0 bridgehead atoms. The van der Waals surface area contributed by atoms with E-state index in [1.165, 1.54) is 16.7 Å². The average Bonchev–Trinajstić information content (AvgIpc) is 2.80. The number of aromatic nitrogens is 1. The number of anilines is 1. The van der Waals surface area contributed by atoms with Gasteiger partial charge in [0.2, 0.25) is 11.8 Å². The van der Waals surface area contributed by atoms with Crippen LogP contribution in [-0.4, -0.2) is 53.3 Å². The Bertz CT molecular complexity index is 1080. The number of carbonyl (C=O) groups is 2. The summed E-state index contributed by atoms with van der Waals surface area (Å²) in [6.07, 6.45) is 1.71. The molecule has 2 aromatic carbocycles. The van der Waals surface area contributed by atoms with Gasteiger partial charge in [0.25, 0.3) is 0 Å². The molecule has 1 aliphatic rings. The summed E-state index contributed by atoms with van der Waals surface area (Å²) in [6, 6.07) is 22.3. The van der Waals surface area contributed by atoms with Crippen LogP contribution in [0.15, 0.2) is 72.9 Å². The highest BCUT2D eigenvalue weighted by Crippen LogP contribution is 2.33. The van der Waals surface area contributed by atoms with Gasteiger partial charge in [-0.1, -0.05) is 60.7 Å². The largest absolute Gasteiger partial charge is 0.336 e. The summed E-state index contributed by atoms with van der Waals surface area (Å²) in [5, 5.41) is 2.78. The molecule has 1 aromatic heterocycles. The van der Waals surface area contributed by atoms with E-state index >= 15 is 0 Å². The number of hydrogen-bond donors (Lipinski definition) is 1. The van der Waals surface area contributed by atoms with E-state index in [0.717, 1.165) is 5.56 Å². The van der Waals surface area contributed by atoms with E-state index in [1.807, 2.05) is 42.2 Å². The van der Waals surface area contributed by atoms with Crippen molar-refractivity contribution in [3.05, 3.63) is 95.2 Å². The van der Waals surface area contributed by atoms with Crippen LogP contribution in [0, 0.1) is 6.92 Å². The molecule has 1 aliphatic heterocycles. The fraction of sp³-hybridized carbons (Fsp3) is 0.269. The molecule has 1 unspecified atom stereocenters. The van der Waals surface area contributed by atoms with Gasteiger partial charge in [-0.3, -0.25) is 14.5 Å². The Labute approximate surface area is 188 Å². The molecule has 0 saturated carbocycles. The first-order chi connectivity index (χ1) is 15.5. The minimum absolute atomic E-state index is 0.0178. The van der Waals surface area contributed by atoms with Crippen molar-refractivity contribution in [1.82, 2.24) is 14.8 Å². The van der Waals surface area contributed by atoms with Gasteiger partial charge in [-0.15, -0.1) is 0 Å². The van der Waals surface area contributed by atoms with Crippen molar-refractivity contribution in [2.75, 3.05) is 32.0 Å². The predicted octanol–water partition coefficient (Wildman–Crippen LogP) is 3.43. The Morgan fingerprint density at radius 2 is 1.78 bits per heavy atom. The third-order valence-corrected chi connectivity index (χ3v) is 5.75. The minimum atomic E-state index is -0.192. The van der Waals surface area contributed by atoms with Crippen LogP contribution < -0.4 is 5.32 Å². The van der Waals surface area contributed by atoms with Crippen LogP contribution in [0.25, 0.3) is 0 Å². The van der Waals surface area contributed by atoms with Gasteiger partial charge in [0.1, 0.15) is 5.82 Å². The zero-order valence-corrected chi connectivity index (χ0v) is 18.5. The highest BCUT2D eigenvalue weighted by molar-refractivity contribution is 5.91. The molecule has 6 nitrogen and oxygen atoms in total. The predicted molar refractivity (Wildman–Crippen MR) is 125 cm³/mol. The fourth-order valence-electron chi connectivity index (χ4n) is 4.12. The second-order valence-electron chi connectivity index (χ2n) is 8.38. The Morgan fingerprint density at radius 1 is 1.03 bits per heavy atom. The Kier molecular flexibility index (Phi) is 6.61. The minimum Gasteiger partial charge on any atom is -0.336 e. The van der Waals surface area contributed by atoms with Crippen LogP contribution in [0.3, 0.4) is 0 Å². The highest BCUT2D eigenvalue weighted by Gasteiger charge is 2.29. The summed E-state index contributed by atoms with van der Waals surface area (Å²) in [6.45, 7) is 3.46. The molecule has 0 spiro atoms. The van der Waals surface area contributed by atoms with Gasteiger partial charge in [0.15, 0.2) is 0 Å². The van der Waals surface area contributed by atoms with E-state index in [-0.39, 0.29) is 30.8 Å². The summed E-state index contributed by atoms with van der Waals surface area (Å²) in [5.74, 6) is 0.483. The molecule has 4 rings (SSSR count). The summed E-state index contributed by atoms with van der Waals surface area (Å²) >= 11 is 0. The number of amides is 2. The van der Waals surface area contributed by atoms with Gasteiger partial charge < -0.3 is 10.2 Å². The van der Waals surface area contributed by atoms with Crippen molar-refractivity contribution in [3.63, 3.8) is 0 Å². The van der Waals surface area contributed by atoms with Crippen molar-refractivity contribution < 1.29 is 9.59 Å². The lowest BCUT2D eigenvalue weighted by atomic mass is 9.84. The number of aryl methyl sites for hydroxylation is 1. The second kappa shape index (κ2) is 9.75. The summed E-state index contributed by atoms with van der Waals surface area (Å²) in [7, 11) is 1.78. The molecular weight excluding hydrogens is 400 g/mol. The number of nitrogens with zero attached hydrogens (tertiary/aromatic N) is 3. The maximum atomic E-state index is 13.1. The molecule has 2 amide bonds. The zero-order valence-electron chi connectivity index (χ0n) is 18.5. The van der Waals surface area contributed by atoms with Gasteiger partial charge in [0.05, 0.1) is 13.1 Å². The molecule has 1 atom stereocenters. The van der Waals surface area contributed by atoms with E-state index in [9.17, 15) is 9.59 Å². The van der Waals surface area contributed by atoms with Crippen LogP contribution in [0.2, 0.25) is 0 Å². The summed E-state index contributed by atoms with van der Waals surface area (Å²) < 4.78 is 0. The lowest BCUT2D eigenvalue weighted by Gasteiger charge is -2.36. The number of benzene rings is 2. The topological polar surface area (TPSA) is 65.5 Å². The normalized spacial score (nSPS) is 15.3. The van der Waals surface area contributed by atoms with E-state index in [0.29, 0.717) is 18.9 Å². The molecule has 3 aromatic rings. The van der Waals surface area contributed by atoms with Gasteiger partial charge in [0, 0.05) is 25.2 Å². The number of fused-ring (bicyclic) bond motifs is 1. The van der Waals surface area contributed by atoms with Crippen molar-refractivity contribution in [1.29, 1.82) is 0 Å². The molecule has 164 valence electrons. The number of hydrogen-bond acceptors (Lipinski definition) is 4. The zero-order chi connectivity index (χ0) is 22.5. The molecule has 0 fully saturated rings. The van der Waals surface area contributed by atoms with Gasteiger partial charge in [-0.25, -0.2) is 4.98 Å². The van der Waals surface area contributed by atoms with Crippen LogP contribution >= 0.6 is 0 Å². The Hall–Kier alpha value is -3.51. The summed E-state index contributed by atoms with van der Waals surface area (Å²) in [5.41, 5.74) is 4.69. The maximum absolute atomic E-state index is 13.1. The van der Waals surface area contributed by atoms with Crippen molar-refractivity contribution in [3.8, 4) is 0 Å². The van der Waals surface area contributed by atoms with Crippen LogP contribution in [0.4, 0.5) is 5.82 Å². The lowest BCUT2D eigenvalue weighted by Crippen LogP contribution is -2.44. The molecule has 0 saturated heterocycles. The maximum Gasteiger partial charge on any atom is 0.239 e. The molecule has 32 heavy (non-hydrogen) atoms. The quantitative estimate of drug-likeness (QED) is 0.653. The number of likely N-dealkylation sites (N-methyl/N-ethyl adjacent to an activating group) is 1. The number of nitrogens with one attached hydrogen (secondary N) is 1. The first-order valence-electron chi connectivity index (χ1n) is 10.8. The molecule has 0 radical (unpaired) electrons. The number of pyridine rings is 1. The van der Waals surface area contributed by atoms with Crippen molar-refractivity contribution >= 4 is 17.6 Å². The molecular formula is C26H28N4O2. The van der Waals surface area contributed by atoms with Gasteiger partial charge >= 0.3 is 0 Å². The third kappa shape index (κ3) is 5.21. The molecule has 1 N–H and O–H groups in total. The van der Waals surface area contributed by atoms with E-state index < -0.39 is 0 Å². The molecule has 6 heteroatoms. The molecule has 0 aliphatic carbocycles. The second-order valence-corrected chi connectivity index (χ2v) is 8.38. The molecule has 2 heterocycles. The van der Waals surface area contributed by atoms with E-state index in [2.05, 4.69) is 40.6 Å². The van der Waals surface area contributed by atoms with Crippen LogP contribution in [-0.2, 0) is 16.1 Å². The highest BCUT2D eigenvalue weighted by atomic mass is 16.2. The summed E-state index contributed by atoms with van der Waals surface area (Å²) in [4.78, 5) is 33.3. The third-order valence-electron chi connectivity index (χ3n) is 5.75. The lowest BCUT2D eigenvalue weighted by molar-refractivity contribution is -0.133. The van der Waals surface area contributed by atoms with Crippen LogP contribution in [0.5, 0.6) is 0 Å². The Balaban J connectivity index is 1.39. The Morgan fingerprint density at radius 3 is 2.53 bits per heavy atom. The van der Waals surface area contributed by atoms with Gasteiger partial charge in [-0.2, -0.15) is 0 Å². The monoisotopic (exact) mass is 428 g/mol. The van der Waals surface area contributed by atoms with Crippen molar-refractivity contribution in [2.45, 2.75) is 19.4 Å². The number of rotatable bonds is 6. The van der Waals surface area contributed by atoms with Crippen LogP contribution in [0.1, 0.15) is 28.2 Å². The number of carbonyl (C=O) groups excluding carboxylic acids is 2. The van der Waals surface area contributed by atoms with Gasteiger partial charge in [-0.05, 0) is 42.3 Å².